The van der Waals surface area contributed by atoms with E-state index in [0.717, 1.165) is 9.87 Å². The van der Waals surface area contributed by atoms with Crippen LogP contribution >= 0.6 is 16.0 Å². The number of alkyl carbamates (subject to hydrolysis) is 1. The molecule has 42 heavy (non-hydrogen) atoms. The van der Waals surface area contributed by atoms with Gasteiger partial charge >= 0.3 is 22.1 Å². The second kappa shape index (κ2) is 15.3. The number of hydrogen-bond donors (Lipinski definition) is 5. The van der Waals surface area contributed by atoms with Gasteiger partial charge in [-0.05, 0) is 42.2 Å². The molecule has 1 aliphatic heterocycles. The highest BCUT2D eigenvalue weighted by Crippen LogP contribution is 2.35. The summed E-state index contributed by atoms with van der Waals surface area (Å²) in [5.74, 6) is -0.174. The Morgan fingerprint density at radius 3 is 2.36 bits per heavy atom. The second-order valence-corrected chi connectivity index (χ2v) is 14.0. The predicted molar refractivity (Wildman–Crippen MR) is 153 cm³/mol. The highest BCUT2D eigenvalue weighted by Gasteiger charge is 2.38. The van der Waals surface area contributed by atoms with Crippen LogP contribution in [0.25, 0.3) is 0 Å². The first-order valence-electron chi connectivity index (χ1n) is 13.1. The first-order valence-corrected chi connectivity index (χ1v) is 17.3. The maximum Gasteiger partial charge on any atom is 0.695 e. The number of hydrogen-bond acceptors (Lipinski definition) is 8. The first-order chi connectivity index (χ1) is 19.7. The van der Waals surface area contributed by atoms with E-state index in [-0.39, 0.29) is 36.1 Å². The summed E-state index contributed by atoms with van der Waals surface area (Å²) in [5.41, 5.74) is 0.759. The van der Waals surface area contributed by atoms with Gasteiger partial charge in [-0.3, -0.25) is 5.09 Å². The molecular weight excluding hydrogens is 612 g/mol. The maximum atomic E-state index is 13.8. The summed E-state index contributed by atoms with van der Waals surface area (Å²) >= 11 is 0. The number of nitrogens with zero attached hydrogens (tertiary/aromatic N) is 1. The molecule has 0 bridgehead atoms. The van der Waals surface area contributed by atoms with Crippen molar-refractivity contribution in [1.29, 1.82) is 0 Å². The van der Waals surface area contributed by atoms with Gasteiger partial charge in [-0.2, -0.15) is 4.31 Å². The third-order valence-electron chi connectivity index (χ3n) is 6.16. The Hall–Kier alpha value is -2.45. The molecule has 5 N–H and O–H groups in total. The summed E-state index contributed by atoms with van der Waals surface area (Å²) in [6, 6.07) is 12.7. The van der Waals surface area contributed by atoms with Crippen molar-refractivity contribution in [2.75, 3.05) is 31.4 Å². The fourth-order valence-electron chi connectivity index (χ4n) is 4.33. The van der Waals surface area contributed by atoms with Gasteiger partial charge in [0.05, 0.1) is 24.2 Å². The van der Waals surface area contributed by atoms with Crippen molar-refractivity contribution in [1.82, 2.24) is 9.62 Å². The lowest BCUT2D eigenvalue weighted by Gasteiger charge is -2.30. The number of carbonyl (C=O) groups is 1. The summed E-state index contributed by atoms with van der Waals surface area (Å²) < 4.78 is 67.8. The zero-order chi connectivity index (χ0) is 30.9. The molecule has 0 aliphatic carbocycles. The molecule has 2 aromatic rings. The minimum atomic E-state index is -4.61. The van der Waals surface area contributed by atoms with E-state index in [1.54, 1.807) is 44.2 Å². The highest BCUT2D eigenvalue weighted by molar-refractivity contribution is 7.89. The third kappa shape index (κ3) is 11.0. The van der Waals surface area contributed by atoms with E-state index in [2.05, 4.69) is 5.32 Å². The molecule has 1 saturated heterocycles. The molecular formula is C25H36N3O11P2S+. The molecule has 3 rings (SSSR count). The molecule has 0 saturated carbocycles. The largest absolute Gasteiger partial charge is 0.695 e. The fraction of sp³-hybridized carbons (Fsp3) is 0.480. The molecule has 232 valence electrons. The number of sulfonamides is 1. The number of amides is 1. The van der Waals surface area contributed by atoms with Crippen LogP contribution in [0.5, 0.6) is 0 Å². The lowest BCUT2D eigenvalue weighted by atomic mass is 10.0. The molecule has 1 amide bonds. The van der Waals surface area contributed by atoms with Gasteiger partial charge in [-0.15, -0.1) is 9.42 Å². The molecule has 17 heteroatoms. The summed E-state index contributed by atoms with van der Waals surface area (Å²) in [6.07, 6.45) is -1.90. The number of anilines is 1. The maximum absolute atomic E-state index is 13.8. The molecule has 14 nitrogen and oxygen atoms in total. The van der Waals surface area contributed by atoms with E-state index >= 15 is 0 Å². The SMILES string of the molecule is CC(C)CN(C[C@@H](O[P+](=O)O)[C@H](Cc1ccccc1)NC(=O)O[C@H]1CCOC1)S(=O)(=O)c1ccc(NP(=O)(O)O)cc1. The van der Waals surface area contributed by atoms with Crippen molar-refractivity contribution in [3.63, 3.8) is 0 Å². The van der Waals surface area contributed by atoms with Crippen molar-refractivity contribution >= 4 is 37.8 Å². The van der Waals surface area contributed by atoms with Crippen LogP contribution < -0.4 is 10.4 Å². The van der Waals surface area contributed by atoms with Gasteiger partial charge in [-0.1, -0.05) is 44.2 Å². The minimum absolute atomic E-state index is 0.00515. The molecule has 1 heterocycles. The Kier molecular flexibility index (Phi) is 12.4. The fourth-order valence-corrected chi connectivity index (χ4v) is 6.88. The van der Waals surface area contributed by atoms with Crippen molar-refractivity contribution in [3.05, 3.63) is 60.2 Å². The normalized spacial score (nSPS) is 17.6. The van der Waals surface area contributed by atoms with Crippen LogP contribution in [0.1, 0.15) is 25.8 Å². The van der Waals surface area contributed by atoms with Gasteiger partial charge < -0.3 is 24.6 Å². The van der Waals surface area contributed by atoms with Crippen LogP contribution in [-0.2, 0) is 39.6 Å². The molecule has 2 aromatic carbocycles. The van der Waals surface area contributed by atoms with Crippen LogP contribution in [0.15, 0.2) is 59.5 Å². The average Bonchev–Trinajstić information content (AvgIpc) is 3.40. The first kappa shape index (κ1) is 34.0. The van der Waals surface area contributed by atoms with E-state index < -0.39 is 56.9 Å². The molecule has 0 spiro atoms. The lowest BCUT2D eigenvalue weighted by Crippen LogP contribution is -2.52. The smallest absolute Gasteiger partial charge is 0.444 e. The Bertz CT molecular complexity index is 1340. The van der Waals surface area contributed by atoms with E-state index in [1.165, 1.54) is 24.3 Å². The van der Waals surface area contributed by atoms with E-state index in [4.69, 9.17) is 23.8 Å². The van der Waals surface area contributed by atoms with Crippen LogP contribution in [0.3, 0.4) is 0 Å². The Morgan fingerprint density at radius 2 is 1.81 bits per heavy atom. The van der Waals surface area contributed by atoms with Gasteiger partial charge in [0.15, 0.2) is 6.10 Å². The summed E-state index contributed by atoms with van der Waals surface area (Å²) in [4.78, 5) is 40.6. The topological polar surface area (TPSA) is 201 Å². The van der Waals surface area contributed by atoms with Crippen molar-refractivity contribution in [3.8, 4) is 0 Å². The van der Waals surface area contributed by atoms with Crippen molar-refractivity contribution in [2.45, 2.75) is 49.8 Å². The number of rotatable bonds is 15. The summed E-state index contributed by atoms with van der Waals surface area (Å²) in [6.45, 7) is 3.85. The van der Waals surface area contributed by atoms with E-state index in [0.29, 0.717) is 13.0 Å². The second-order valence-electron chi connectivity index (χ2n) is 10.1. The van der Waals surface area contributed by atoms with Gasteiger partial charge in [0.1, 0.15) is 6.10 Å². The number of ether oxygens (including phenoxy) is 2. The lowest BCUT2D eigenvalue weighted by molar-refractivity contribution is 0.0689. The zero-order valence-electron chi connectivity index (χ0n) is 23.1. The Labute approximate surface area is 245 Å². The zero-order valence-corrected chi connectivity index (χ0v) is 25.7. The molecule has 0 radical (unpaired) electrons. The van der Waals surface area contributed by atoms with Crippen LogP contribution in [0.4, 0.5) is 10.5 Å². The number of carbonyl (C=O) groups excluding carboxylic acids is 1. The minimum Gasteiger partial charge on any atom is -0.444 e. The van der Waals surface area contributed by atoms with Crippen LogP contribution in [-0.4, -0.2) is 78.0 Å². The van der Waals surface area contributed by atoms with Gasteiger partial charge in [-0.25, -0.2) is 17.8 Å². The van der Waals surface area contributed by atoms with E-state index in [1.807, 2.05) is 5.09 Å². The standard InChI is InChI=1S/C25H35N3O11P2S/c1-18(2)15-28(42(35,36)22-10-8-20(9-11-22)27-41(32,33)34)16-24(39-40(30)31)23(14-19-6-4-3-5-7-19)26-25(29)38-21-12-13-37-17-21/h3-11,18,21,23-24H,12-17H2,1-2H3,(H4-,26,27,29,30,31,32,33,34)/p+1/t21-,23-,24+/m0/s1. The molecule has 1 aliphatic rings. The summed E-state index contributed by atoms with van der Waals surface area (Å²) in [5, 5.41) is 4.67. The van der Waals surface area contributed by atoms with Gasteiger partial charge in [0.25, 0.3) is 0 Å². The highest BCUT2D eigenvalue weighted by atomic mass is 32.2. The van der Waals surface area contributed by atoms with E-state index in [9.17, 15) is 27.2 Å². The Morgan fingerprint density at radius 1 is 1.14 bits per heavy atom. The van der Waals surface area contributed by atoms with Crippen LogP contribution in [0.2, 0.25) is 0 Å². The summed E-state index contributed by atoms with van der Waals surface area (Å²) in [7, 11) is -12.1. The molecule has 0 aromatic heterocycles. The number of nitrogens with one attached hydrogen (secondary N) is 2. The number of benzene rings is 2. The Balaban J connectivity index is 1.92. The third-order valence-corrected chi connectivity index (χ3v) is 9.00. The van der Waals surface area contributed by atoms with Crippen molar-refractivity contribution < 1.29 is 51.0 Å². The van der Waals surface area contributed by atoms with Gasteiger partial charge in [0, 0.05) is 29.8 Å². The quantitative estimate of drug-likeness (QED) is 0.177. The molecule has 1 fully saturated rings. The van der Waals surface area contributed by atoms with Gasteiger partial charge in [0.2, 0.25) is 10.0 Å². The monoisotopic (exact) mass is 648 g/mol. The average molecular weight is 649 g/mol. The molecule has 4 atom stereocenters. The predicted octanol–water partition coefficient (Wildman–Crippen LogP) is 3.00. The van der Waals surface area contributed by atoms with Crippen molar-refractivity contribution in [2.24, 2.45) is 5.92 Å². The van der Waals surface area contributed by atoms with Crippen LogP contribution in [0, 0.1) is 5.92 Å². The molecule has 1 unspecified atom stereocenters.